The second kappa shape index (κ2) is 9.66. The van der Waals surface area contributed by atoms with Gasteiger partial charge >= 0.3 is 0 Å². The largest absolute Gasteiger partial charge is 0.351 e. The Morgan fingerprint density at radius 3 is 2.47 bits per heavy atom. The van der Waals surface area contributed by atoms with Gasteiger partial charge in [0.2, 0.25) is 5.82 Å². The topological polar surface area (TPSA) is 54.2 Å². The van der Waals surface area contributed by atoms with Crippen LogP contribution in [0.5, 0.6) is 0 Å². The molecule has 4 aromatic rings. The first-order valence-corrected chi connectivity index (χ1v) is 12.2. The van der Waals surface area contributed by atoms with Crippen LogP contribution in [0.2, 0.25) is 0 Å². The molecule has 0 bridgehead atoms. The summed E-state index contributed by atoms with van der Waals surface area (Å²) in [7, 11) is 0. The molecule has 1 N–H and O–H groups in total. The van der Waals surface area contributed by atoms with Crippen LogP contribution in [0.3, 0.4) is 0 Å². The summed E-state index contributed by atoms with van der Waals surface area (Å²) < 4.78 is 19.3. The number of aryl methyl sites for hydroxylation is 3. The molecule has 0 spiro atoms. The van der Waals surface area contributed by atoms with E-state index in [4.69, 9.17) is 21.7 Å². The molecule has 0 fully saturated rings. The van der Waals surface area contributed by atoms with Gasteiger partial charge in [0.1, 0.15) is 5.82 Å². The fourth-order valence-electron chi connectivity index (χ4n) is 4.45. The number of allylic oxidation sites excluding steroid dienone is 1. The van der Waals surface area contributed by atoms with Gasteiger partial charge < -0.3 is 14.7 Å². The Kier molecular flexibility index (Phi) is 6.41. The van der Waals surface area contributed by atoms with E-state index in [1.807, 2.05) is 43.0 Å². The zero-order valence-corrected chi connectivity index (χ0v) is 21.5. The van der Waals surface area contributed by atoms with Crippen molar-refractivity contribution in [1.29, 1.82) is 0 Å². The van der Waals surface area contributed by atoms with E-state index < -0.39 is 0 Å². The van der Waals surface area contributed by atoms with Crippen LogP contribution in [-0.2, 0) is 6.54 Å². The molecule has 5 rings (SSSR count). The Balaban J connectivity index is 1.61. The van der Waals surface area contributed by atoms with Crippen molar-refractivity contribution in [3.8, 4) is 11.4 Å². The van der Waals surface area contributed by atoms with Crippen molar-refractivity contribution >= 4 is 22.9 Å². The van der Waals surface area contributed by atoms with Gasteiger partial charge in [0.15, 0.2) is 5.11 Å². The van der Waals surface area contributed by atoms with Gasteiger partial charge in [-0.25, -0.2) is 4.39 Å². The normalized spacial score (nSPS) is 15.9. The minimum absolute atomic E-state index is 0.257. The molecule has 3 aromatic carbocycles. The van der Waals surface area contributed by atoms with Crippen molar-refractivity contribution in [2.75, 3.05) is 0 Å². The standard InChI is InChI=1S/C29H27FN4OS/c1-17-6-5-7-23(14-17)27-32-28(35-33-27)25-20(4)34(16-21-9-12-24(30)13-10-21)29(36)31-26(25)22-11-8-18(2)19(3)15-22/h5-15,26H,16H2,1-4H3,(H,31,36). The zero-order valence-electron chi connectivity index (χ0n) is 20.7. The minimum atomic E-state index is -0.268. The van der Waals surface area contributed by atoms with Crippen molar-refractivity contribution in [1.82, 2.24) is 20.4 Å². The lowest BCUT2D eigenvalue weighted by atomic mass is 9.92. The van der Waals surface area contributed by atoms with Crippen LogP contribution >= 0.6 is 12.2 Å². The van der Waals surface area contributed by atoms with Crippen molar-refractivity contribution in [3.63, 3.8) is 0 Å². The molecule has 1 atom stereocenters. The molecule has 0 amide bonds. The first kappa shape index (κ1) is 23.9. The molecule has 36 heavy (non-hydrogen) atoms. The Bertz CT molecular complexity index is 1470. The number of halogens is 1. The number of thiocarbonyl (C=S) groups is 1. The van der Waals surface area contributed by atoms with Gasteiger partial charge in [0, 0.05) is 17.8 Å². The summed E-state index contributed by atoms with van der Waals surface area (Å²) in [4.78, 5) is 6.79. The first-order valence-electron chi connectivity index (χ1n) is 11.8. The summed E-state index contributed by atoms with van der Waals surface area (Å²) in [6.07, 6.45) is 0. The molecular weight excluding hydrogens is 471 g/mol. The molecule has 7 heteroatoms. The molecule has 0 radical (unpaired) electrons. The minimum Gasteiger partial charge on any atom is -0.351 e. The van der Waals surface area contributed by atoms with E-state index in [0.29, 0.717) is 23.4 Å². The molecular formula is C29H27FN4OS. The van der Waals surface area contributed by atoms with E-state index in [1.165, 1.54) is 23.3 Å². The Morgan fingerprint density at radius 2 is 1.75 bits per heavy atom. The van der Waals surface area contributed by atoms with E-state index in [2.05, 4.69) is 42.5 Å². The van der Waals surface area contributed by atoms with Gasteiger partial charge in [-0.15, -0.1) is 0 Å². The molecule has 182 valence electrons. The second-order valence-corrected chi connectivity index (χ2v) is 9.62. The van der Waals surface area contributed by atoms with Crippen molar-refractivity contribution in [3.05, 3.63) is 112 Å². The number of hydrogen-bond acceptors (Lipinski definition) is 4. The average molecular weight is 499 g/mol. The summed E-state index contributed by atoms with van der Waals surface area (Å²) in [6, 6.07) is 20.6. The molecule has 0 saturated heterocycles. The van der Waals surface area contributed by atoms with Gasteiger partial charge in [-0.2, -0.15) is 4.98 Å². The molecule has 0 aliphatic carbocycles. The lowest BCUT2D eigenvalue weighted by molar-refractivity contribution is 0.396. The quantitative estimate of drug-likeness (QED) is 0.311. The summed E-state index contributed by atoms with van der Waals surface area (Å²) in [5.74, 6) is 0.702. The SMILES string of the molecule is CC1=C(c2nc(-c3cccc(C)c3)no2)C(c2ccc(C)c(C)c2)NC(=S)N1Cc1ccc(F)cc1. The fourth-order valence-corrected chi connectivity index (χ4v) is 4.77. The third kappa shape index (κ3) is 4.66. The van der Waals surface area contributed by atoms with E-state index in [9.17, 15) is 4.39 Å². The number of aromatic nitrogens is 2. The molecule has 2 heterocycles. The van der Waals surface area contributed by atoms with E-state index in [0.717, 1.165) is 33.5 Å². The highest BCUT2D eigenvalue weighted by atomic mass is 32.1. The average Bonchev–Trinajstić information content (AvgIpc) is 3.34. The molecule has 0 saturated carbocycles. The van der Waals surface area contributed by atoms with Crippen molar-refractivity contribution < 1.29 is 8.91 Å². The van der Waals surface area contributed by atoms with Crippen LogP contribution in [-0.4, -0.2) is 20.2 Å². The highest BCUT2D eigenvalue weighted by molar-refractivity contribution is 7.80. The molecule has 1 unspecified atom stereocenters. The van der Waals surface area contributed by atoms with Gasteiger partial charge in [0.25, 0.3) is 5.89 Å². The third-order valence-corrected chi connectivity index (χ3v) is 6.99. The van der Waals surface area contributed by atoms with E-state index >= 15 is 0 Å². The molecule has 1 aromatic heterocycles. The summed E-state index contributed by atoms with van der Waals surface area (Å²) in [5.41, 5.74) is 8.20. The summed E-state index contributed by atoms with van der Waals surface area (Å²) >= 11 is 5.80. The predicted octanol–water partition coefficient (Wildman–Crippen LogP) is 6.66. The van der Waals surface area contributed by atoms with Crippen LogP contribution in [0.4, 0.5) is 4.39 Å². The number of benzene rings is 3. The maximum absolute atomic E-state index is 13.5. The van der Waals surface area contributed by atoms with Crippen LogP contribution in [0.1, 0.15) is 46.7 Å². The van der Waals surface area contributed by atoms with Crippen LogP contribution in [0, 0.1) is 26.6 Å². The molecule has 5 nitrogen and oxygen atoms in total. The fraction of sp³-hybridized carbons (Fsp3) is 0.207. The smallest absolute Gasteiger partial charge is 0.258 e. The maximum Gasteiger partial charge on any atom is 0.258 e. The number of nitrogens with zero attached hydrogens (tertiary/aromatic N) is 3. The Morgan fingerprint density at radius 1 is 0.972 bits per heavy atom. The molecule has 1 aliphatic heterocycles. The van der Waals surface area contributed by atoms with E-state index in [-0.39, 0.29) is 11.9 Å². The lowest BCUT2D eigenvalue weighted by Crippen LogP contribution is -2.45. The van der Waals surface area contributed by atoms with Gasteiger partial charge in [-0.05, 0) is 80.4 Å². The summed E-state index contributed by atoms with van der Waals surface area (Å²) in [5, 5.41) is 8.37. The predicted molar refractivity (Wildman–Crippen MR) is 143 cm³/mol. The van der Waals surface area contributed by atoms with Crippen LogP contribution in [0.15, 0.2) is 77.0 Å². The monoisotopic (exact) mass is 498 g/mol. The highest BCUT2D eigenvalue weighted by Gasteiger charge is 2.34. The zero-order chi connectivity index (χ0) is 25.4. The van der Waals surface area contributed by atoms with Gasteiger partial charge in [-0.3, -0.25) is 0 Å². The third-order valence-electron chi connectivity index (χ3n) is 6.65. The number of rotatable bonds is 5. The number of nitrogens with one attached hydrogen (secondary N) is 1. The van der Waals surface area contributed by atoms with E-state index in [1.54, 1.807) is 12.1 Å². The van der Waals surface area contributed by atoms with Crippen LogP contribution < -0.4 is 5.32 Å². The van der Waals surface area contributed by atoms with Crippen molar-refractivity contribution in [2.24, 2.45) is 0 Å². The number of hydrogen-bond donors (Lipinski definition) is 1. The lowest BCUT2D eigenvalue weighted by Gasteiger charge is -2.37. The Labute approximate surface area is 215 Å². The highest BCUT2D eigenvalue weighted by Crippen LogP contribution is 2.38. The van der Waals surface area contributed by atoms with Crippen molar-refractivity contribution in [2.45, 2.75) is 40.3 Å². The van der Waals surface area contributed by atoms with Crippen LogP contribution in [0.25, 0.3) is 17.0 Å². The van der Waals surface area contributed by atoms with Gasteiger partial charge in [-0.1, -0.05) is 59.3 Å². The summed E-state index contributed by atoms with van der Waals surface area (Å²) in [6.45, 7) is 8.72. The first-order chi connectivity index (χ1) is 17.3. The maximum atomic E-state index is 13.5. The Hall–Kier alpha value is -3.84. The van der Waals surface area contributed by atoms with Gasteiger partial charge in [0.05, 0.1) is 11.6 Å². The molecule has 1 aliphatic rings. The second-order valence-electron chi connectivity index (χ2n) is 9.23.